The number of halogens is 5. The van der Waals surface area contributed by atoms with Crippen molar-refractivity contribution in [2.24, 2.45) is 0 Å². The monoisotopic (exact) mass is 450 g/mol. The van der Waals surface area contributed by atoms with Crippen molar-refractivity contribution in [3.8, 4) is 5.75 Å². The summed E-state index contributed by atoms with van der Waals surface area (Å²) in [5, 5.41) is 4.50. The quantitative estimate of drug-likeness (QED) is 0.472. The Labute approximate surface area is 177 Å². The molecule has 5 rings (SSSR count). The van der Waals surface area contributed by atoms with E-state index < -0.39 is 24.4 Å². The SMILES string of the molecule is FC(F)Oc1cccn2nc(C3c4nc[nH]c4CCN3c3ccc(C(F)(F)F)cn3)cc12. The van der Waals surface area contributed by atoms with Gasteiger partial charge in [0.05, 0.1) is 23.3 Å². The molecule has 0 saturated heterocycles. The molecule has 0 aromatic carbocycles. The lowest BCUT2D eigenvalue weighted by Crippen LogP contribution is -2.37. The van der Waals surface area contributed by atoms with Crippen LogP contribution in [0.3, 0.4) is 0 Å². The molecule has 4 aromatic heterocycles. The molecule has 1 atom stereocenters. The zero-order chi connectivity index (χ0) is 22.5. The van der Waals surface area contributed by atoms with Gasteiger partial charge in [0, 0.05) is 31.1 Å². The van der Waals surface area contributed by atoms with Crippen molar-refractivity contribution in [2.75, 3.05) is 11.4 Å². The maximum absolute atomic E-state index is 13.0. The van der Waals surface area contributed by atoms with Crippen LogP contribution >= 0.6 is 0 Å². The fraction of sp³-hybridized carbons (Fsp3) is 0.250. The van der Waals surface area contributed by atoms with Crippen molar-refractivity contribution >= 4 is 11.3 Å². The van der Waals surface area contributed by atoms with Crippen molar-refractivity contribution in [3.05, 3.63) is 71.7 Å². The molecular formula is C20H15F5N6O. The van der Waals surface area contributed by atoms with Crippen LogP contribution in [0, 0.1) is 0 Å². The predicted molar refractivity (Wildman–Crippen MR) is 103 cm³/mol. The van der Waals surface area contributed by atoms with E-state index in [1.807, 2.05) is 0 Å². The van der Waals surface area contributed by atoms with Crippen LogP contribution in [0.1, 0.15) is 28.7 Å². The molecular weight excluding hydrogens is 435 g/mol. The van der Waals surface area contributed by atoms with Crippen LogP contribution in [-0.2, 0) is 12.6 Å². The molecule has 5 heterocycles. The lowest BCUT2D eigenvalue weighted by molar-refractivity contribution is -0.137. The average molecular weight is 450 g/mol. The molecule has 7 nitrogen and oxygen atoms in total. The number of imidazole rings is 1. The number of aromatic nitrogens is 5. The third-order valence-electron chi connectivity index (χ3n) is 5.27. The number of anilines is 1. The number of hydrogen-bond acceptors (Lipinski definition) is 5. The van der Waals surface area contributed by atoms with E-state index >= 15 is 0 Å². The van der Waals surface area contributed by atoms with E-state index in [4.69, 9.17) is 0 Å². The van der Waals surface area contributed by atoms with Gasteiger partial charge in [0.2, 0.25) is 0 Å². The van der Waals surface area contributed by atoms with Crippen molar-refractivity contribution in [1.82, 2.24) is 24.6 Å². The summed E-state index contributed by atoms with van der Waals surface area (Å²) in [4.78, 5) is 13.3. The molecule has 0 spiro atoms. The highest BCUT2D eigenvalue weighted by molar-refractivity contribution is 5.62. The van der Waals surface area contributed by atoms with Gasteiger partial charge in [0.1, 0.15) is 17.4 Å². The molecule has 1 N–H and O–H groups in total. The molecule has 32 heavy (non-hydrogen) atoms. The van der Waals surface area contributed by atoms with Gasteiger partial charge in [-0.25, -0.2) is 14.5 Å². The van der Waals surface area contributed by atoms with Crippen LogP contribution in [0.15, 0.2) is 49.1 Å². The van der Waals surface area contributed by atoms with Gasteiger partial charge in [0.25, 0.3) is 0 Å². The molecule has 0 fully saturated rings. The number of pyridine rings is 2. The lowest BCUT2D eigenvalue weighted by Gasteiger charge is -2.34. The first kappa shape index (κ1) is 20.2. The molecule has 0 saturated carbocycles. The number of rotatable bonds is 4. The number of hydrogen-bond donors (Lipinski definition) is 1. The Hall–Kier alpha value is -3.70. The van der Waals surface area contributed by atoms with Crippen molar-refractivity contribution in [1.29, 1.82) is 0 Å². The Kier molecular flexibility index (Phi) is 4.72. The normalized spacial score (nSPS) is 16.6. The maximum atomic E-state index is 13.0. The smallest absolute Gasteiger partial charge is 0.417 e. The zero-order valence-corrected chi connectivity index (χ0v) is 16.2. The highest BCUT2D eigenvalue weighted by atomic mass is 19.4. The second-order valence-electron chi connectivity index (χ2n) is 7.17. The second-order valence-corrected chi connectivity index (χ2v) is 7.17. The van der Waals surface area contributed by atoms with E-state index in [-0.39, 0.29) is 5.75 Å². The number of ether oxygens (including phenoxy) is 1. The number of aromatic amines is 1. The van der Waals surface area contributed by atoms with E-state index in [0.717, 1.165) is 18.0 Å². The van der Waals surface area contributed by atoms with Crippen molar-refractivity contribution in [2.45, 2.75) is 25.3 Å². The second kappa shape index (κ2) is 7.46. The summed E-state index contributed by atoms with van der Waals surface area (Å²) in [6, 6.07) is 6.21. The highest BCUT2D eigenvalue weighted by Gasteiger charge is 2.35. The van der Waals surface area contributed by atoms with Gasteiger partial charge in [0.15, 0.2) is 5.75 Å². The van der Waals surface area contributed by atoms with Crippen LogP contribution in [0.5, 0.6) is 5.75 Å². The third kappa shape index (κ3) is 3.51. The van der Waals surface area contributed by atoms with E-state index in [1.54, 1.807) is 17.2 Å². The van der Waals surface area contributed by atoms with Crippen LogP contribution in [0.4, 0.5) is 27.8 Å². The Morgan fingerprint density at radius 3 is 2.72 bits per heavy atom. The van der Waals surface area contributed by atoms with Gasteiger partial charge in [-0.2, -0.15) is 27.1 Å². The summed E-state index contributed by atoms with van der Waals surface area (Å²) in [5.74, 6) is 0.274. The van der Waals surface area contributed by atoms with Gasteiger partial charge in [-0.15, -0.1) is 0 Å². The Morgan fingerprint density at radius 2 is 2.00 bits per heavy atom. The van der Waals surface area contributed by atoms with Crippen LogP contribution in [0.2, 0.25) is 0 Å². The summed E-state index contributed by atoms with van der Waals surface area (Å²) in [6.45, 7) is -2.56. The van der Waals surface area contributed by atoms with Gasteiger partial charge in [-0.05, 0) is 30.3 Å². The number of H-pyrrole nitrogens is 1. The first-order valence-corrected chi connectivity index (χ1v) is 9.56. The average Bonchev–Trinajstić information content (AvgIpc) is 3.39. The standard InChI is InChI=1S/C20H15F5N6O/c21-19(22)32-15-2-1-6-31-14(15)8-13(29-31)18-17-12(27-10-28-17)5-7-30(18)16-4-3-11(9-26-16)20(23,24)25/h1-4,6,8-10,18-19H,5,7H2,(H,27,28). The first-order chi connectivity index (χ1) is 15.3. The fourth-order valence-electron chi connectivity index (χ4n) is 3.88. The van der Waals surface area contributed by atoms with E-state index in [1.165, 1.54) is 29.0 Å². The summed E-state index contributed by atoms with van der Waals surface area (Å²) < 4.78 is 70.5. The molecule has 12 heteroatoms. The topological polar surface area (TPSA) is 71.3 Å². The van der Waals surface area contributed by atoms with E-state index in [9.17, 15) is 22.0 Å². The molecule has 0 amide bonds. The van der Waals surface area contributed by atoms with Crippen LogP contribution in [-0.4, -0.2) is 37.7 Å². The molecule has 0 aliphatic carbocycles. The number of alkyl halides is 5. The molecule has 1 aliphatic rings. The Bertz CT molecular complexity index is 1250. The van der Waals surface area contributed by atoms with Gasteiger partial charge in [-0.1, -0.05) is 0 Å². The van der Waals surface area contributed by atoms with Crippen molar-refractivity contribution < 1.29 is 26.7 Å². The van der Waals surface area contributed by atoms with E-state index in [0.29, 0.717) is 35.7 Å². The molecule has 4 aromatic rings. The summed E-state index contributed by atoms with van der Waals surface area (Å²) >= 11 is 0. The van der Waals surface area contributed by atoms with Crippen LogP contribution in [0.25, 0.3) is 5.52 Å². The van der Waals surface area contributed by atoms with Crippen LogP contribution < -0.4 is 9.64 Å². The molecule has 166 valence electrons. The van der Waals surface area contributed by atoms with Crippen molar-refractivity contribution in [3.63, 3.8) is 0 Å². The highest BCUT2D eigenvalue weighted by Crippen LogP contribution is 2.38. The van der Waals surface area contributed by atoms with Gasteiger partial charge >= 0.3 is 12.8 Å². The first-order valence-electron chi connectivity index (χ1n) is 9.56. The molecule has 1 aliphatic heterocycles. The van der Waals surface area contributed by atoms with Gasteiger partial charge in [-0.3, -0.25) is 0 Å². The minimum absolute atomic E-state index is 0.0430. The zero-order valence-electron chi connectivity index (χ0n) is 16.2. The summed E-state index contributed by atoms with van der Waals surface area (Å²) in [5.41, 5.74) is 1.43. The number of nitrogens with one attached hydrogen (secondary N) is 1. The Morgan fingerprint density at radius 1 is 1.16 bits per heavy atom. The minimum Gasteiger partial charge on any atom is -0.433 e. The van der Waals surface area contributed by atoms with E-state index in [2.05, 4.69) is 24.8 Å². The summed E-state index contributed by atoms with van der Waals surface area (Å²) in [7, 11) is 0. The molecule has 0 radical (unpaired) electrons. The largest absolute Gasteiger partial charge is 0.433 e. The minimum atomic E-state index is -4.50. The Balaban J connectivity index is 1.59. The molecule has 0 bridgehead atoms. The summed E-state index contributed by atoms with van der Waals surface area (Å²) in [6.07, 6.45) is -0.0219. The lowest BCUT2D eigenvalue weighted by atomic mass is 9.99. The number of fused-ring (bicyclic) bond motifs is 2. The maximum Gasteiger partial charge on any atom is 0.417 e. The third-order valence-corrected chi connectivity index (χ3v) is 5.27. The fourth-order valence-corrected chi connectivity index (χ4v) is 3.88. The van der Waals surface area contributed by atoms with Gasteiger partial charge < -0.3 is 14.6 Å². The molecule has 1 unspecified atom stereocenters. The predicted octanol–water partition coefficient (Wildman–Crippen LogP) is 4.22. The number of nitrogens with zero attached hydrogens (tertiary/aromatic N) is 5.